The first-order chi connectivity index (χ1) is 7.74. The number of carbonyl (C=O) groups excluding carboxylic acids is 1. The Kier molecular flexibility index (Phi) is 4.79. The summed E-state index contributed by atoms with van der Waals surface area (Å²) in [6, 6.07) is 6.92. The fraction of sp³-hybridized carbons (Fsp3) is 0.417. The van der Waals surface area contributed by atoms with E-state index in [4.69, 9.17) is 9.47 Å². The summed E-state index contributed by atoms with van der Waals surface area (Å²) < 4.78 is 9.98. The minimum Gasteiger partial charge on any atom is -0.496 e. The van der Waals surface area contributed by atoms with Crippen molar-refractivity contribution in [3.8, 4) is 5.75 Å². The average molecular weight is 223 g/mol. The van der Waals surface area contributed by atoms with Crippen LogP contribution in [-0.2, 0) is 9.53 Å². The van der Waals surface area contributed by atoms with Gasteiger partial charge in [-0.15, -0.1) is 0 Å². The van der Waals surface area contributed by atoms with Crippen molar-refractivity contribution in [2.45, 2.75) is 13.0 Å². The van der Waals surface area contributed by atoms with Gasteiger partial charge in [-0.1, -0.05) is 25.1 Å². The summed E-state index contributed by atoms with van der Waals surface area (Å²) >= 11 is 0. The number of hydrogen-bond acceptors (Lipinski definition) is 4. The molecule has 0 saturated carbocycles. The molecule has 0 aliphatic heterocycles. The van der Waals surface area contributed by atoms with Gasteiger partial charge in [0.25, 0.3) is 0 Å². The number of nitrogens with one attached hydrogen (secondary N) is 1. The van der Waals surface area contributed by atoms with E-state index in [1.165, 1.54) is 7.11 Å². The summed E-state index contributed by atoms with van der Waals surface area (Å²) in [5.74, 6) is 0.366. The molecule has 4 heteroatoms. The SMILES string of the molecule is CCNC(C(=O)OC)c1ccccc1OC. The molecule has 0 amide bonds. The fourth-order valence-electron chi connectivity index (χ4n) is 1.55. The molecule has 0 fully saturated rings. The summed E-state index contributed by atoms with van der Waals surface area (Å²) in [5, 5.41) is 3.07. The van der Waals surface area contributed by atoms with E-state index >= 15 is 0 Å². The lowest BCUT2D eigenvalue weighted by molar-refractivity contribution is -0.143. The first kappa shape index (κ1) is 12.5. The largest absolute Gasteiger partial charge is 0.496 e. The number of rotatable bonds is 5. The molecule has 0 spiro atoms. The van der Waals surface area contributed by atoms with E-state index in [-0.39, 0.29) is 5.97 Å². The molecule has 0 aromatic heterocycles. The van der Waals surface area contributed by atoms with Crippen LogP contribution in [0.2, 0.25) is 0 Å². The maximum atomic E-state index is 11.6. The molecule has 1 unspecified atom stereocenters. The second-order valence-corrected chi connectivity index (χ2v) is 3.26. The van der Waals surface area contributed by atoms with Gasteiger partial charge in [-0.3, -0.25) is 0 Å². The summed E-state index contributed by atoms with van der Waals surface area (Å²) in [6.07, 6.45) is 0. The van der Waals surface area contributed by atoms with Crippen LogP contribution in [-0.4, -0.2) is 26.7 Å². The molecule has 4 nitrogen and oxygen atoms in total. The van der Waals surface area contributed by atoms with Gasteiger partial charge >= 0.3 is 5.97 Å². The van der Waals surface area contributed by atoms with Gasteiger partial charge in [-0.05, 0) is 12.6 Å². The Hall–Kier alpha value is -1.55. The molecule has 88 valence electrons. The van der Waals surface area contributed by atoms with E-state index in [0.717, 1.165) is 5.56 Å². The van der Waals surface area contributed by atoms with Gasteiger partial charge in [0.2, 0.25) is 0 Å². The van der Waals surface area contributed by atoms with E-state index in [9.17, 15) is 4.79 Å². The first-order valence-corrected chi connectivity index (χ1v) is 5.18. The van der Waals surface area contributed by atoms with Crippen molar-refractivity contribution < 1.29 is 14.3 Å². The smallest absolute Gasteiger partial charge is 0.327 e. The molecular formula is C12H17NO3. The lowest BCUT2D eigenvalue weighted by Crippen LogP contribution is -2.29. The van der Waals surface area contributed by atoms with E-state index < -0.39 is 6.04 Å². The number of para-hydroxylation sites is 1. The van der Waals surface area contributed by atoms with Gasteiger partial charge in [-0.25, -0.2) is 4.79 Å². The van der Waals surface area contributed by atoms with Crippen molar-refractivity contribution >= 4 is 5.97 Å². The normalized spacial score (nSPS) is 11.9. The maximum absolute atomic E-state index is 11.6. The minimum atomic E-state index is -0.480. The number of methoxy groups -OCH3 is 2. The van der Waals surface area contributed by atoms with Crippen LogP contribution in [0.4, 0.5) is 0 Å². The molecule has 0 saturated heterocycles. The van der Waals surface area contributed by atoms with Crippen molar-refractivity contribution in [2.75, 3.05) is 20.8 Å². The van der Waals surface area contributed by atoms with Gasteiger partial charge in [0.05, 0.1) is 14.2 Å². The second-order valence-electron chi connectivity index (χ2n) is 3.26. The molecule has 1 aromatic carbocycles. The number of benzene rings is 1. The molecule has 16 heavy (non-hydrogen) atoms. The van der Waals surface area contributed by atoms with Crippen molar-refractivity contribution in [1.29, 1.82) is 0 Å². The zero-order valence-electron chi connectivity index (χ0n) is 9.82. The van der Waals surface area contributed by atoms with Crippen molar-refractivity contribution in [2.24, 2.45) is 0 Å². The molecule has 1 rings (SSSR count). The number of ether oxygens (including phenoxy) is 2. The predicted molar refractivity (Wildman–Crippen MR) is 61.4 cm³/mol. The Morgan fingerprint density at radius 2 is 2.06 bits per heavy atom. The number of carbonyl (C=O) groups is 1. The third kappa shape index (κ3) is 2.73. The van der Waals surface area contributed by atoms with Gasteiger partial charge in [0.1, 0.15) is 11.8 Å². The van der Waals surface area contributed by atoms with Gasteiger partial charge in [-0.2, -0.15) is 0 Å². The Morgan fingerprint density at radius 1 is 1.38 bits per heavy atom. The van der Waals surface area contributed by atoms with Gasteiger partial charge in [0, 0.05) is 5.56 Å². The quantitative estimate of drug-likeness (QED) is 0.769. The zero-order chi connectivity index (χ0) is 12.0. The highest BCUT2D eigenvalue weighted by atomic mass is 16.5. The maximum Gasteiger partial charge on any atom is 0.327 e. The average Bonchev–Trinajstić information content (AvgIpc) is 2.35. The molecule has 0 aliphatic rings. The van der Waals surface area contributed by atoms with E-state index in [1.807, 2.05) is 31.2 Å². The Labute approximate surface area is 95.6 Å². The highest BCUT2D eigenvalue weighted by Gasteiger charge is 2.23. The highest BCUT2D eigenvalue weighted by Crippen LogP contribution is 2.25. The van der Waals surface area contributed by atoms with Crippen molar-refractivity contribution in [3.05, 3.63) is 29.8 Å². The monoisotopic (exact) mass is 223 g/mol. The fourth-order valence-corrected chi connectivity index (χ4v) is 1.55. The minimum absolute atomic E-state index is 0.314. The molecule has 1 N–H and O–H groups in total. The number of esters is 1. The molecule has 0 aliphatic carbocycles. The molecule has 0 bridgehead atoms. The molecular weight excluding hydrogens is 206 g/mol. The van der Waals surface area contributed by atoms with Crippen LogP contribution in [0.25, 0.3) is 0 Å². The van der Waals surface area contributed by atoms with Gasteiger partial charge in [0.15, 0.2) is 0 Å². The van der Waals surface area contributed by atoms with E-state index in [1.54, 1.807) is 7.11 Å². The van der Waals surface area contributed by atoms with Crippen LogP contribution in [0.15, 0.2) is 24.3 Å². The highest BCUT2D eigenvalue weighted by molar-refractivity contribution is 5.78. The van der Waals surface area contributed by atoms with E-state index in [0.29, 0.717) is 12.3 Å². The summed E-state index contributed by atoms with van der Waals surface area (Å²) in [4.78, 5) is 11.6. The Morgan fingerprint density at radius 3 is 2.62 bits per heavy atom. The summed E-state index contributed by atoms with van der Waals surface area (Å²) in [6.45, 7) is 2.61. The molecule has 0 heterocycles. The number of hydrogen-bond donors (Lipinski definition) is 1. The standard InChI is InChI=1S/C12H17NO3/c1-4-13-11(12(14)16-3)9-7-5-6-8-10(9)15-2/h5-8,11,13H,4H2,1-3H3. The van der Waals surface area contributed by atoms with E-state index in [2.05, 4.69) is 5.32 Å². The van der Waals surface area contributed by atoms with Crippen LogP contribution in [0.5, 0.6) is 5.75 Å². The molecule has 1 aromatic rings. The van der Waals surface area contributed by atoms with Crippen molar-refractivity contribution in [3.63, 3.8) is 0 Å². The van der Waals surface area contributed by atoms with Crippen LogP contribution < -0.4 is 10.1 Å². The lowest BCUT2D eigenvalue weighted by atomic mass is 10.1. The Bertz CT molecular complexity index is 352. The van der Waals surface area contributed by atoms with Gasteiger partial charge < -0.3 is 14.8 Å². The second kappa shape index (κ2) is 6.12. The van der Waals surface area contributed by atoms with Crippen LogP contribution >= 0.6 is 0 Å². The summed E-state index contributed by atoms with van der Waals surface area (Å²) in [7, 11) is 2.96. The molecule has 0 radical (unpaired) electrons. The topological polar surface area (TPSA) is 47.6 Å². The third-order valence-electron chi connectivity index (χ3n) is 2.30. The van der Waals surface area contributed by atoms with Crippen LogP contribution in [0.3, 0.4) is 0 Å². The van der Waals surface area contributed by atoms with Crippen LogP contribution in [0, 0.1) is 0 Å². The first-order valence-electron chi connectivity index (χ1n) is 5.18. The summed E-state index contributed by atoms with van der Waals surface area (Å²) in [5.41, 5.74) is 0.790. The van der Waals surface area contributed by atoms with Crippen molar-refractivity contribution in [1.82, 2.24) is 5.32 Å². The molecule has 1 atom stereocenters. The Balaban J connectivity index is 3.04. The van der Waals surface area contributed by atoms with Crippen LogP contribution in [0.1, 0.15) is 18.5 Å². The lowest BCUT2D eigenvalue weighted by Gasteiger charge is -2.18. The third-order valence-corrected chi connectivity index (χ3v) is 2.30. The zero-order valence-corrected chi connectivity index (χ0v) is 9.82. The predicted octanol–water partition coefficient (Wildman–Crippen LogP) is 1.52. The number of likely N-dealkylation sites (N-methyl/N-ethyl adjacent to an activating group) is 1.